The number of alkyl halides is 1. The number of nitrogens with one attached hydrogen (secondary N) is 2. The van der Waals surface area contributed by atoms with Crippen molar-refractivity contribution in [3.8, 4) is 17.6 Å². The predicted octanol–water partition coefficient (Wildman–Crippen LogP) is 5.50. The number of carboxylic acid groups (broad SMARTS) is 1. The van der Waals surface area contributed by atoms with Gasteiger partial charge in [-0.1, -0.05) is 54.1 Å². The number of allylic oxidation sites excluding steroid dienone is 2. The van der Waals surface area contributed by atoms with E-state index >= 15 is 0 Å². The topological polar surface area (TPSA) is 166 Å². The standard InChI is InChI=1S/C41H47Cl2N5O7/c1-28(50)47-33-12-15-48(24-33)14-8-16-55-41(13-7-11-34(40(41,3)43)31-9-5-4-6-10-31)27-54-37-19-36(53-25-30-17-29(20-44)21-45-22-30)32(18-35(37)42)23-46-39(2,26-49)38(51)52/h4-7,9-11,13,17-19,21-22,33,46,49H,8,12,14-16,23-27H2,1-3H3,(H,47,50)(H,51,52)/t33-,39?,40?,41?/m0/s1. The van der Waals surface area contributed by atoms with Gasteiger partial charge in [0, 0.05) is 75.3 Å². The maximum atomic E-state index is 11.9. The van der Waals surface area contributed by atoms with Gasteiger partial charge in [0.05, 0.1) is 17.2 Å². The van der Waals surface area contributed by atoms with Gasteiger partial charge in [0.25, 0.3) is 0 Å². The minimum absolute atomic E-state index is 0.0154. The number of likely N-dealkylation sites (tertiary alicyclic amines) is 1. The van der Waals surface area contributed by atoms with Gasteiger partial charge in [-0.2, -0.15) is 5.26 Å². The molecule has 1 amide bonds. The van der Waals surface area contributed by atoms with Crippen molar-refractivity contribution in [1.82, 2.24) is 20.5 Å². The first-order valence-corrected chi connectivity index (χ1v) is 18.8. The third kappa shape index (κ3) is 10.2. The van der Waals surface area contributed by atoms with Crippen molar-refractivity contribution < 1.29 is 34.0 Å². The number of ether oxygens (including phenoxy) is 3. The Labute approximate surface area is 331 Å². The molecule has 2 aliphatic rings. The number of nitrogens with zero attached hydrogens (tertiary/aromatic N) is 3. The van der Waals surface area contributed by atoms with Crippen LogP contribution in [-0.2, 0) is 27.5 Å². The largest absolute Gasteiger partial charge is 0.488 e. The molecule has 12 nitrogen and oxygen atoms in total. The highest BCUT2D eigenvalue weighted by Crippen LogP contribution is 2.47. The van der Waals surface area contributed by atoms with Gasteiger partial charge >= 0.3 is 5.97 Å². The molecule has 292 valence electrons. The van der Waals surface area contributed by atoms with E-state index in [0.29, 0.717) is 35.5 Å². The zero-order valence-electron chi connectivity index (χ0n) is 31.2. The van der Waals surface area contributed by atoms with E-state index in [4.69, 9.17) is 37.4 Å². The van der Waals surface area contributed by atoms with Gasteiger partial charge in [0.1, 0.15) is 46.8 Å². The molecule has 0 radical (unpaired) electrons. The Kier molecular flexibility index (Phi) is 14.0. The van der Waals surface area contributed by atoms with Gasteiger partial charge in [-0.25, -0.2) is 0 Å². The molecule has 55 heavy (non-hydrogen) atoms. The number of carboxylic acids is 1. The van der Waals surface area contributed by atoms with Crippen LogP contribution in [0.4, 0.5) is 0 Å². The average molecular weight is 793 g/mol. The summed E-state index contributed by atoms with van der Waals surface area (Å²) in [5.41, 5.74) is 0.526. The molecule has 1 aromatic heterocycles. The summed E-state index contributed by atoms with van der Waals surface area (Å²) in [5, 5.41) is 35.0. The van der Waals surface area contributed by atoms with Crippen molar-refractivity contribution in [3.63, 3.8) is 0 Å². The summed E-state index contributed by atoms with van der Waals surface area (Å²) in [6.45, 7) is 6.98. The molecular formula is C41H47Cl2N5O7. The minimum Gasteiger partial charge on any atom is -0.488 e. The van der Waals surface area contributed by atoms with Crippen molar-refractivity contribution in [1.29, 1.82) is 5.26 Å². The number of aliphatic hydroxyl groups excluding tert-OH is 1. The number of hydrogen-bond acceptors (Lipinski definition) is 10. The van der Waals surface area contributed by atoms with E-state index < -0.39 is 28.6 Å². The average Bonchev–Trinajstić information content (AvgIpc) is 3.61. The molecule has 1 aliphatic carbocycles. The van der Waals surface area contributed by atoms with E-state index in [1.54, 1.807) is 24.4 Å². The number of benzene rings is 2. The lowest BCUT2D eigenvalue weighted by molar-refractivity contribution is -0.146. The van der Waals surface area contributed by atoms with Crippen LogP contribution in [0.2, 0.25) is 5.02 Å². The fourth-order valence-electron chi connectivity index (χ4n) is 6.64. The molecule has 1 aliphatic heterocycles. The third-order valence-electron chi connectivity index (χ3n) is 10.0. The van der Waals surface area contributed by atoms with Crippen LogP contribution < -0.4 is 20.1 Å². The number of aliphatic hydroxyl groups is 1. The van der Waals surface area contributed by atoms with Crippen molar-refractivity contribution in [2.45, 2.75) is 68.8 Å². The summed E-state index contributed by atoms with van der Waals surface area (Å²) in [4.78, 5) is 28.8. The van der Waals surface area contributed by atoms with Gasteiger partial charge in [0.2, 0.25) is 5.91 Å². The molecule has 4 N–H and O–H groups in total. The Morgan fingerprint density at radius 3 is 2.65 bits per heavy atom. The number of carbonyl (C=O) groups excluding carboxylic acids is 1. The molecule has 2 aromatic carbocycles. The number of aliphatic carboxylic acids is 1. The highest BCUT2D eigenvalue weighted by molar-refractivity contribution is 6.32. The first-order chi connectivity index (χ1) is 26.3. The van der Waals surface area contributed by atoms with E-state index in [0.717, 1.165) is 37.2 Å². The van der Waals surface area contributed by atoms with Crippen molar-refractivity contribution in [2.75, 3.05) is 39.5 Å². The van der Waals surface area contributed by atoms with E-state index in [1.807, 2.05) is 55.5 Å². The lowest BCUT2D eigenvalue weighted by atomic mass is 9.76. The first-order valence-electron chi connectivity index (χ1n) is 18.1. The third-order valence-corrected chi connectivity index (χ3v) is 10.8. The van der Waals surface area contributed by atoms with Crippen molar-refractivity contribution >= 4 is 40.7 Å². The van der Waals surface area contributed by atoms with Crippen molar-refractivity contribution in [2.24, 2.45) is 0 Å². The fraction of sp³-hybridized carbons (Fsp3) is 0.415. The van der Waals surface area contributed by atoms with Crippen LogP contribution in [0.15, 0.2) is 79.2 Å². The van der Waals surface area contributed by atoms with E-state index in [2.05, 4.69) is 26.6 Å². The summed E-state index contributed by atoms with van der Waals surface area (Å²) >= 11 is 14.4. The lowest BCUT2D eigenvalue weighted by Gasteiger charge is -2.45. The Bertz CT molecular complexity index is 1940. The van der Waals surface area contributed by atoms with E-state index in [9.17, 15) is 25.1 Å². The van der Waals surface area contributed by atoms with Crippen LogP contribution in [0.1, 0.15) is 55.9 Å². The minimum atomic E-state index is -1.63. The number of amides is 1. The summed E-state index contributed by atoms with van der Waals surface area (Å²) in [5.74, 6) is -0.652. The molecule has 3 unspecified atom stereocenters. The van der Waals surface area contributed by atoms with Crippen LogP contribution in [0.3, 0.4) is 0 Å². The zero-order chi connectivity index (χ0) is 39.6. The fourth-order valence-corrected chi connectivity index (χ4v) is 7.23. The molecule has 2 heterocycles. The highest BCUT2D eigenvalue weighted by atomic mass is 35.5. The number of carbonyl (C=O) groups is 2. The van der Waals surface area contributed by atoms with Gasteiger partial charge < -0.3 is 34.6 Å². The second-order valence-corrected chi connectivity index (χ2v) is 15.4. The molecule has 14 heteroatoms. The molecule has 0 spiro atoms. The lowest BCUT2D eigenvalue weighted by Crippen LogP contribution is -2.55. The number of pyridine rings is 1. The van der Waals surface area contributed by atoms with Crippen molar-refractivity contribution in [3.05, 3.63) is 106 Å². The highest BCUT2D eigenvalue weighted by Gasteiger charge is 2.51. The van der Waals surface area contributed by atoms with E-state index in [-0.39, 0.29) is 42.5 Å². The molecule has 0 saturated carbocycles. The summed E-state index contributed by atoms with van der Waals surface area (Å²) in [6.07, 6.45) is 10.5. The number of rotatable bonds is 18. The molecular weight excluding hydrogens is 745 g/mol. The van der Waals surface area contributed by atoms with Gasteiger partial charge in [-0.3, -0.25) is 19.9 Å². The van der Waals surface area contributed by atoms with Gasteiger partial charge in [-0.15, -0.1) is 11.6 Å². The number of aromatic nitrogens is 1. The predicted molar refractivity (Wildman–Crippen MR) is 210 cm³/mol. The van der Waals surface area contributed by atoms with Crippen LogP contribution >= 0.6 is 23.2 Å². The molecule has 1 fully saturated rings. The molecule has 3 aromatic rings. The van der Waals surface area contributed by atoms with Gasteiger partial charge in [-0.05, 0) is 56.0 Å². The molecule has 5 rings (SSSR count). The van der Waals surface area contributed by atoms with Gasteiger partial charge in [0.15, 0.2) is 0 Å². The zero-order valence-corrected chi connectivity index (χ0v) is 32.7. The Hall–Kier alpha value is -4.48. The Morgan fingerprint density at radius 2 is 1.95 bits per heavy atom. The summed E-state index contributed by atoms with van der Waals surface area (Å²) in [7, 11) is 0. The Balaban J connectivity index is 1.40. The van der Waals surface area contributed by atoms with Crippen LogP contribution in [0.5, 0.6) is 11.5 Å². The summed E-state index contributed by atoms with van der Waals surface area (Å²) < 4.78 is 19.5. The maximum absolute atomic E-state index is 11.9. The molecule has 0 bridgehead atoms. The molecule has 4 atom stereocenters. The van der Waals surface area contributed by atoms with Crippen LogP contribution in [0.25, 0.3) is 5.57 Å². The van der Waals surface area contributed by atoms with Crippen LogP contribution in [0, 0.1) is 11.3 Å². The monoisotopic (exact) mass is 791 g/mol. The maximum Gasteiger partial charge on any atom is 0.326 e. The number of nitriles is 1. The SMILES string of the molecule is CC(=O)N[C@H]1CCN(CCCOC2(COc3cc(OCc4cncc(C#N)c4)c(CNC(C)(CO)C(=O)O)cc3Cl)C=CC=C(c3ccccc3)C2(C)Cl)C1. The number of halogens is 2. The Morgan fingerprint density at radius 1 is 1.16 bits per heavy atom. The second kappa shape index (κ2) is 18.4. The normalized spacial score (nSPS) is 22.0. The smallest absolute Gasteiger partial charge is 0.326 e. The second-order valence-electron chi connectivity index (χ2n) is 14.2. The first kappa shape index (κ1) is 41.7. The van der Waals surface area contributed by atoms with E-state index in [1.165, 1.54) is 20.0 Å². The molecule has 1 saturated heterocycles. The summed E-state index contributed by atoms with van der Waals surface area (Å²) in [6, 6.07) is 16.9. The number of hydrogen-bond donors (Lipinski definition) is 4. The quantitative estimate of drug-likeness (QED) is 0.0950. The van der Waals surface area contributed by atoms with Crippen LogP contribution in [-0.4, -0.2) is 93.5 Å².